The number of fused-ring (bicyclic) bond motifs is 1. The summed E-state index contributed by atoms with van der Waals surface area (Å²) in [6.07, 6.45) is 2.81. The van der Waals surface area contributed by atoms with Crippen LogP contribution in [0.4, 0.5) is 0 Å². The Balaban J connectivity index is 1.58. The molecule has 4 rings (SSSR count). The number of aliphatic carboxylic acids is 1. The summed E-state index contributed by atoms with van der Waals surface area (Å²) in [7, 11) is 0. The van der Waals surface area contributed by atoms with Crippen LogP contribution >= 0.6 is 0 Å². The molecule has 1 aromatic heterocycles. The second-order valence-corrected chi connectivity index (χ2v) is 8.99. The molecule has 0 saturated carbocycles. The number of hydrogen-bond acceptors (Lipinski definition) is 4. The van der Waals surface area contributed by atoms with E-state index in [9.17, 15) is 19.5 Å². The summed E-state index contributed by atoms with van der Waals surface area (Å²) in [6.45, 7) is 4.33. The molecule has 2 aromatic carbocycles. The van der Waals surface area contributed by atoms with Gasteiger partial charge in [-0.25, -0.2) is 4.98 Å². The average molecular weight is 475 g/mol. The van der Waals surface area contributed by atoms with E-state index in [-0.39, 0.29) is 25.3 Å². The van der Waals surface area contributed by atoms with Gasteiger partial charge in [-0.1, -0.05) is 54.6 Å². The topological polar surface area (TPSA) is 105 Å². The van der Waals surface area contributed by atoms with Gasteiger partial charge in [-0.05, 0) is 37.0 Å². The minimum absolute atomic E-state index is 0.147. The molecule has 1 aliphatic rings. The number of hydrogen-bond donors (Lipinski definition) is 2. The van der Waals surface area contributed by atoms with E-state index in [0.717, 1.165) is 22.5 Å². The molecule has 2 N–H and O–H groups in total. The smallest absolute Gasteiger partial charge is 0.325 e. The van der Waals surface area contributed by atoms with Crippen LogP contribution in [0.3, 0.4) is 0 Å². The van der Waals surface area contributed by atoms with Crippen molar-refractivity contribution >= 4 is 17.8 Å². The van der Waals surface area contributed by atoms with Gasteiger partial charge in [0.05, 0.1) is 24.3 Å². The Morgan fingerprint density at radius 1 is 1.11 bits per heavy atom. The van der Waals surface area contributed by atoms with Crippen LogP contribution in [0.25, 0.3) is 0 Å². The highest BCUT2D eigenvalue weighted by Crippen LogP contribution is 2.25. The first-order valence-electron chi connectivity index (χ1n) is 11.8. The third-order valence-electron chi connectivity index (χ3n) is 6.54. The van der Waals surface area contributed by atoms with Crippen molar-refractivity contribution in [2.75, 3.05) is 0 Å². The lowest BCUT2D eigenvalue weighted by Crippen LogP contribution is -2.55. The van der Waals surface area contributed by atoms with Crippen molar-refractivity contribution in [3.05, 3.63) is 89.0 Å². The van der Waals surface area contributed by atoms with Crippen LogP contribution in [0, 0.1) is 6.92 Å². The van der Waals surface area contributed by atoms with Crippen molar-refractivity contribution in [2.45, 2.75) is 58.3 Å². The van der Waals surface area contributed by atoms with E-state index in [1.165, 1.54) is 12.5 Å². The molecule has 2 amide bonds. The minimum atomic E-state index is -1.13. The zero-order chi connectivity index (χ0) is 24.9. The molecular formula is C27H30N4O4. The van der Waals surface area contributed by atoms with E-state index in [2.05, 4.69) is 29.4 Å². The van der Waals surface area contributed by atoms with Crippen LogP contribution < -0.4 is 5.32 Å². The molecule has 35 heavy (non-hydrogen) atoms. The Kier molecular flexibility index (Phi) is 7.29. The third kappa shape index (κ3) is 5.59. The van der Waals surface area contributed by atoms with Crippen LogP contribution in [-0.2, 0) is 40.3 Å². The molecule has 0 spiro atoms. The molecule has 0 bridgehead atoms. The summed E-state index contributed by atoms with van der Waals surface area (Å²) in [5.41, 5.74) is 5.03. The summed E-state index contributed by atoms with van der Waals surface area (Å²) in [5, 5.41) is 11.8. The Bertz CT molecular complexity index is 1220. The number of imidazole rings is 1. The maximum atomic E-state index is 13.4. The van der Waals surface area contributed by atoms with Crippen molar-refractivity contribution < 1.29 is 19.5 Å². The number of carbonyl (C=O) groups is 3. The summed E-state index contributed by atoms with van der Waals surface area (Å²) >= 11 is 0. The fourth-order valence-electron chi connectivity index (χ4n) is 4.38. The first-order chi connectivity index (χ1) is 16.8. The molecule has 3 aromatic rings. The number of nitrogens with zero attached hydrogens (tertiary/aromatic N) is 3. The summed E-state index contributed by atoms with van der Waals surface area (Å²) in [6, 6.07) is 16.0. The fourth-order valence-corrected chi connectivity index (χ4v) is 4.38. The zero-order valence-corrected chi connectivity index (χ0v) is 20.0. The van der Waals surface area contributed by atoms with Crippen molar-refractivity contribution in [1.82, 2.24) is 19.8 Å². The van der Waals surface area contributed by atoms with E-state index in [1.807, 2.05) is 47.0 Å². The number of aryl methyl sites for hydroxylation is 2. The predicted octanol–water partition coefficient (Wildman–Crippen LogP) is 2.72. The maximum Gasteiger partial charge on any atom is 0.325 e. The van der Waals surface area contributed by atoms with Gasteiger partial charge in [0, 0.05) is 19.4 Å². The average Bonchev–Trinajstić information content (AvgIpc) is 3.25. The Hall–Kier alpha value is -3.94. The largest absolute Gasteiger partial charge is 0.480 e. The Morgan fingerprint density at radius 2 is 1.83 bits per heavy atom. The lowest BCUT2D eigenvalue weighted by molar-refractivity contribution is -0.145. The predicted molar refractivity (Wildman–Crippen MR) is 131 cm³/mol. The molecule has 2 heterocycles. The van der Waals surface area contributed by atoms with E-state index < -0.39 is 24.0 Å². The lowest BCUT2D eigenvalue weighted by Gasteiger charge is -2.35. The number of carboxylic acid groups (broad SMARTS) is 1. The molecule has 2 unspecified atom stereocenters. The highest BCUT2D eigenvalue weighted by Gasteiger charge is 2.37. The SMILES string of the molecule is Cc1ccccc1Cn1cnc2c1CN(C(=O)CCc1ccccc1)C(C(=O)NC(C)C(=O)O)C2. The molecule has 8 heteroatoms. The van der Waals surface area contributed by atoms with Gasteiger partial charge in [-0.15, -0.1) is 0 Å². The lowest BCUT2D eigenvalue weighted by atomic mass is 9.99. The van der Waals surface area contributed by atoms with E-state index in [4.69, 9.17) is 0 Å². The molecule has 0 saturated heterocycles. The van der Waals surface area contributed by atoms with Crippen molar-refractivity contribution in [2.24, 2.45) is 0 Å². The van der Waals surface area contributed by atoms with Crippen molar-refractivity contribution in [1.29, 1.82) is 0 Å². The highest BCUT2D eigenvalue weighted by atomic mass is 16.4. The second kappa shape index (κ2) is 10.5. The Morgan fingerprint density at radius 3 is 2.54 bits per heavy atom. The standard InChI is InChI=1S/C27H30N4O4/c1-18-8-6-7-11-21(18)15-30-17-28-22-14-23(26(33)29-19(2)27(34)35)31(16-24(22)30)25(32)13-12-20-9-4-3-5-10-20/h3-11,17,19,23H,12-16H2,1-2H3,(H,29,33)(H,34,35). The van der Waals surface area contributed by atoms with E-state index in [1.54, 1.807) is 11.2 Å². The highest BCUT2D eigenvalue weighted by molar-refractivity contribution is 5.91. The van der Waals surface area contributed by atoms with Gasteiger partial charge in [0.15, 0.2) is 0 Å². The number of nitrogens with one attached hydrogen (secondary N) is 1. The third-order valence-corrected chi connectivity index (χ3v) is 6.54. The number of carbonyl (C=O) groups excluding carboxylic acids is 2. The normalized spacial score (nSPS) is 15.8. The molecule has 1 aliphatic heterocycles. The summed E-state index contributed by atoms with van der Waals surface area (Å²) < 4.78 is 2.03. The molecule has 0 radical (unpaired) electrons. The van der Waals surface area contributed by atoms with Crippen LogP contribution in [0.1, 0.15) is 41.4 Å². The molecule has 0 fully saturated rings. The van der Waals surface area contributed by atoms with Crippen molar-refractivity contribution in [3.63, 3.8) is 0 Å². The Labute approximate surface area is 204 Å². The van der Waals surface area contributed by atoms with Gasteiger partial charge in [0.1, 0.15) is 12.1 Å². The van der Waals surface area contributed by atoms with Crippen LogP contribution in [0.2, 0.25) is 0 Å². The first-order valence-corrected chi connectivity index (χ1v) is 11.8. The molecule has 0 aliphatic carbocycles. The second-order valence-electron chi connectivity index (χ2n) is 8.99. The monoisotopic (exact) mass is 474 g/mol. The van der Waals surface area contributed by atoms with Gasteiger partial charge in [0.25, 0.3) is 0 Å². The molecule has 2 atom stereocenters. The molecule has 8 nitrogen and oxygen atoms in total. The molecular weight excluding hydrogens is 444 g/mol. The number of amides is 2. The van der Waals surface area contributed by atoms with E-state index >= 15 is 0 Å². The van der Waals surface area contributed by atoms with Crippen LogP contribution in [0.5, 0.6) is 0 Å². The van der Waals surface area contributed by atoms with Gasteiger partial charge in [-0.2, -0.15) is 0 Å². The number of aromatic nitrogens is 2. The van der Waals surface area contributed by atoms with Gasteiger partial charge in [-0.3, -0.25) is 14.4 Å². The summed E-state index contributed by atoms with van der Waals surface area (Å²) in [4.78, 5) is 43.8. The summed E-state index contributed by atoms with van der Waals surface area (Å²) in [5.74, 6) is -1.75. The number of benzene rings is 2. The first kappa shape index (κ1) is 24.2. The van der Waals surface area contributed by atoms with Crippen LogP contribution in [-0.4, -0.2) is 49.4 Å². The van der Waals surface area contributed by atoms with Crippen molar-refractivity contribution in [3.8, 4) is 0 Å². The number of carboxylic acids is 1. The number of rotatable bonds is 8. The quantitative estimate of drug-likeness (QED) is 0.522. The van der Waals surface area contributed by atoms with E-state index in [0.29, 0.717) is 13.0 Å². The maximum absolute atomic E-state index is 13.4. The van der Waals surface area contributed by atoms with Gasteiger partial charge >= 0.3 is 5.97 Å². The minimum Gasteiger partial charge on any atom is -0.480 e. The zero-order valence-electron chi connectivity index (χ0n) is 20.0. The van der Waals surface area contributed by atoms with Gasteiger partial charge in [0.2, 0.25) is 11.8 Å². The van der Waals surface area contributed by atoms with Crippen LogP contribution in [0.15, 0.2) is 60.9 Å². The fraction of sp³-hybridized carbons (Fsp3) is 0.333. The molecule has 182 valence electrons. The van der Waals surface area contributed by atoms with Gasteiger partial charge < -0.3 is 19.9 Å².